The molecule has 3 aromatic rings. The highest BCUT2D eigenvalue weighted by Crippen LogP contribution is 2.27. The van der Waals surface area contributed by atoms with Crippen molar-refractivity contribution in [3.8, 4) is 11.1 Å². The number of aryl methyl sites for hydroxylation is 1. The van der Waals surface area contributed by atoms with Crippen molar-refractivity contribution in [3.05, 3.63) is 59.8 Å². The largest absolute Gasteiger partial charge is 0.465 e. The number of carbonyl (C=O) groups excluding carboxylic acids is 3. The highest BCUT2D eigenvalue weighted by atomic mass is 16.5. The Balaban J connectivity index is 1.66. The minimum absolute atomic E-state index is 0.107. The molecule has 1 heterocycles. The molecule has 0 spiro atoms. The molecule has 0 aliphatic carbocycles. The van der Waals surface area contributed by atoms with Crippen molar-refractivity contribution in [2.45, 2.75) is 19.8 Å². The van der Waals surface area contributed by atoms with Gasteiger partial charge in [0.05, 0.1) is 6.61 Å². The van der Waals surface area contributed by atoms with Crippen LogP contribution in [0, 0.1) is 0 Å². The number of aldehydes is 1. The third kappa shape index (κ3) is 4.65. The lowest BCUT2D eigenvalue weighted by Crippen LogP contribution is -2.30. The van der Waals surface area contributed by atoms with Crippen LogP contribution in [0.1, 0.15) is 29.3 Å². The van der Waals surface area contributed by atoms with Gasteiger partial charge in [-0.05, 0) is 42.2 Å². The fraction of sp³-hybridized carbons (Fsp3) is 0.227. The van der Waals surface area contributed by atoms with Crippen molar-refractivity contribution in [2.24, 2.45) is 0 Å². The zero-order valence-electron chi connectivity index (χ0n) is 15.7. The highest BCUT2D eigenvalue weighted by Gasteiger charge is 2.10. The molecule has 0 saturated heterocycles. The second-order valence-electron chi connectivity index (χ2n) is 6.40. The van der Waals surface area contributed by atoms with Crippen LogP contribution in [0.15, 0.2) is 48.7 Å². The predicted molar refractivity (Wildman–Crippen MR) is 107 cm³/mol. The smallest absolute Gasteiger partial charge is 0.325 e. The fourth-order valence-electron chi connectivity index (χ4n) is 3.08. The molecule has 0 saturated carbocycles. The number of rotatable bonds is 8. The van der Waals surface area contributed by atoms with Gasteiger partial charge in [0, 0.05) is 29.1 Å². The molecular weight excluding hydrogens is 356 g/mol. The molecule has 0 unspecified atom stereocenters. The summed E-state index contributed by atoms with van der Waals surface area (Å²) in [4.78, 5) is 37.4. The molecule has 6 heteroatoms. The van der Waals surface area contributed by atoms with Crippen LogP contribution in [0.4, 0.5) is 0 Å². The summed E-state index contributed by atoms with van der Waals surface area (Å²) in [5, 5.41) is 3.62. The molecule has 2 aromatic carbocycles. The number of hydrogen-bond donors (Lipinski definition) is 2. The number of benzene rings is 2. The maximum atomic E-state index is 11.9. The van der Waals surface area contributed by atoms with E-state index in [0.717, 1.165) is 33.9 Å². The Morgan fingerprint density at radius 3 is 2.75 bits per heavy atom. The first kappa shape index (κ1) is 19.4. The van der Waals surface area contributed by atoms with Gasteiger partial charge in [0.1, 0.15) is 12.8 Å². The van der Waals surface area contributed by atoms with Crippen LogP contribution in [0.2, 0.25) is 0 Å². The Morgan fingerprint density at radius 1 is 1.14 bits per heavy atom. The summed E-state index contributed by atoms with van der Waals surface area (Å²) in [6.45, 7) is 1.91. The maximum Gasteiger partial charge on any atom is 0.325 e. The standard InChI is InChI=1S/C22H22N2O4/c1-2-28-22(27)13-24-21(26)9-7-18-12-23-20-11-17(6-8-19(18)20)16-5-3-4-15(10-16)14-25/h3-6,8,10-12,14,23H,2,7,9,13H2,1H3,(H,24,26). The van der Waals surface area contributed by atoms with Crippen LogP contribution >= 0.6 is 0 Å². The Hall–Kier alpha value is -3.41. The van der Waals surface area contributed by atoms with Crippen molar-refractivity contribution < 1.29 is 19.1 Å². The van der Waals surface area contributed by atoms with Crippen LogP contribution in [-0.2, 0) is 20.7 Å². The van der Waals surface area contributed by atoms with E-state index < -0.39 is 5.97 Å². The molecule has 0 aliphatic heterocycles. The quantitative estimate of drug-likeness (QED) is 0.465. The van der Waals surface area contributed by atoms with E-state index in [2.05, 4.69) is 10.3 Å². The number of esters is 1. The van der Waals surface area contributed by atoms with E-state index in [1.807, 2.05) is 42.6 Å². The Labute approximate surface area is 162 Å². The van der Waals surface area contributed by atoms with Crippen LogP contribution < -0.4 is 5.32 Å². The minimum Gasteiger partial charge on any atom is -0.465 e. The number of fused-ring (bicyclic) bond motifs is 1. The molecule has 0 aliphatic rings. The Morgan fingerprint density at radius 2 is 1.96 bits per heavy atom. The van der Waals surface area contributed by atoms with Crippen molar-refractivity contribution in [1.82, 2.24) is 10.3 Å². The molecular formula is C22H22N2O4. The Kier molecular flexibility index (Phi) is 6.22. The van der Waals surface area contributed by atoms with E-state index >= 15 is 0 Å². The number of aromatic amines is 1. The molecule has 0 atom stereocenters. The van der Waals surface area contributed by atoms with E-state index in [0.29, 0.717) is 18.6 Å². The number of amides is 1. The van der Waals surface area contributed by atoms with Crippen LogP contribution in [-0.4, -0.2) is 36.3 Å². The first-order valence-corrected chi connectivity index (χ1v) is 9.18. The monoisotopic (exact) mass is 378 g/mol. The molecule has 2 N–H and O–H groups in total. The molecule has 0 bridgehead atoms. The van der Waals surface area contributed by atoms with Gasteiger partial charge in [-0.25, -0.2) is 0 Å². The number of carbonyl (C=O) groups is 3. The summed E-state index contributed by atoms with van der Waals surface area (Å²) in [5.74, 6) is -0.626. The van der Waals surface area contributed by atoms with E-state index in [4.69, 9.17) is 4.74 Å². The van der Waals surface area contributed by atoms with Crippen molar-refractivity contribution >= 4 is 29.1 Å². The number of ether oxygens (including phenoxy) is 1. The zero-order valence-corrected chi connectivity index (χ0v) is 15.7. The van der Waals surface area contributed by atoms with Gasteiger partial charge >= 0.3 is 5.97 Å². The molecule has 6 nitrogen and oxygen atoms in total. The second-order valence-corrected chi connectivity index (χ2v) is 6.40. The summed E-state index contributed by atoms with van der Waals surface area (Å²) >= 11 is 0. The lowest BCUT2D eigenvalue weighted by Gasteiger charge is -2.05. The van der Waals surface area contributed by atoms with Gasteiger partial charge in [0.2, 0.25) is 5.91 Å². The maximum absolute atomic E-state index is 11.9. The molecule has 28 heavy (non-hydrogen) atoms. The van der Waals surface area contributed by atoms with Gasteiger partial charge in [0.25, 0.3) is 0 Å². The highest BCUT2D eigenvalue weighted by molar-refractivity contribution is 5.89. The summed E-state index contributed by atoms with van der Waals surface area (Å²) in [6, 6.07) is 13.5. The van der Waals surface area contributed by atoms with Crippen molar-refractivity contribution in [3.63, 3.8) is 0 Å². The summed E-state index contributed by atoms with van der Waals surface area (Å²) in [5.41, 5.74) is 4.63. The number of hydrogen-bond acceptors (Lipinski definition) is 4. The number of aromatic nitrogens is 1. The van der Waals surface area contributed by atoms with Gasteiger partial charge in [0.15, 0.2) is 0 Å². The van der Waals surface area contributed by atoms with E-state index in [1.54, 1.807) is 13.0 Å². The molecule has 1 aromatic heterocycles. The molecule has 3 rings (SSSR count). The average Bonchev–Trinajstić information content (AvgIpc) is 3.13. The van der Waals surface area contributed by atoms with Crippen LogP contribution in [0.5, 0.6) is 0 Å². The summed E-state index contributed by atoms with van der Waals surface area (Å²) in [7, 11) is 0. The lowest BCUT2D eigenvalue weighted by molar-refractivity contribution is -0.143. The molecule has 1 amide bonds. The molecule has 144 valence electrons. The van der Waals surface area contributed by atoms with E-state index in [1.165, 1.54) is 0 Å². The summed E-state index contributed by atoms with van der Waals surface area (Å²) in [6.07, 6.45) is 3.58. The van der Waals surface area contributed by atoms with E-state index in [-0.39, 0.29) is 18.9 Å². The third-order valence-corrected chi connectivity index (χ3v) is 4.48. The average molecular weight is 378 g/mol. The van der Waals surface area contributed by atoms with E-state index in [9.17, 15) is 14.4 Å². The normalized spacial score (nSPS) is 10.6. The minimum atomic E-state index is -0.436. The SMILES string of the molecule is CCOC(=O)CNC(=O)CCc1c[nH]c2cc(-c3cccc(C=O)c3)ccc12. The van der Waals surface area contributed by atoms with Crippen LogP contribution in [0.25, 0.3) is 22.0 Å². The van der Waals surface area contributed by atoms with Crippen LogP contribution in [0.3, 0.4) is 0 Å². The van der Waals surface area contributed by atoms with Gasteiger partial charge < -0.3 is 15.0 Å². The predicted octanol–water partition coefficient (Wildman–Crippen LogP) is 3.26. The number of nitrogens with one attached hydrogen (secondary N) is 2. The topological polar surface area (TPSA) is 88.3 Å². The van der Waals surface area contributed by atoms with Gasteiger partial charge in [-0.2, -0.15) is 0 Å². The molecule has 0 fully saturated rings. The lowest BCUT2D eigenvalue weighted by atomic mass is 10.0. The Bertz CT molecular complexity index is 1010. The molecule has 0 radical (unpaired) electrons. The first-order valence-electron chi connectivity index (χ1n) is 9.18. The fourth-order valence-corrected chi connectivity index (χ4v) is 3.08. The number of H-pyrrole nitrogens is 1. The second kappa shape index (κ2) is 8.99. The van der Waals surface area contributed by atoms with Crippen molar-refractivity contribution in [1.29, 1.82) is 0 Å². The summed E-state index contributed by atoms with van der Waals surface area (Å²) < 4.78 is 4.78. The first-order chi connectivity index (χ1) is 13.6. The van der Waals surface area contributed by atoms with Gasteiger partial charge in [-0.3, -0.25) is 14.4 Å². The van der Waals surface area contributed by atoms with Crippen molar-refractivity contribution in [2.75, 3.05) is 13.2 Å². The van der Waals surface area contributed by atoms with Gasteiger partial charge in [-0.15, -0.1) is 0 Å². The van der Waals surface area contributed by atoms with Gasteiger partial charge in [-0.1, -0.05) is 30.3 Å². The zero-order chi connectivity index (χ0) is 19.9. The third-order valence-electron chi connectivity index (χ3n) is 4.48.